The Hall–Kier alpha value is -0.350. The number of alkyl halides is 1. The summed E-state index contributed by atoms with van der Waals surface area (Å²) in [7, 11) is 0. The first-order chi connectivity index (χ1) is 7.74. The molecule has 1 aromatic carbocycles. The van der Waals surface area contributed by atoms with Crippen molar-refractivity contribution in [3.8, 4) is 0 Å². The maximum atomic E-state index is 5.99. The third kappa shape index (κ3) is 1.46. The second kappa shape index (κ2) is 3.84. The normalized spacial score (nSPS) is 27.9. The first-order valence-corrected chi connectivity index (χ1v) is 7.28. The van der Waals surface area contributed by atoms with Crippen molar-refractivity contribution in [3.05, 3.63) is 41.0 Å². The van der Waals surface area contributed by atoms with Crippen molar-refractivity contribution in [1.82, 2.24) is 0 Å². The fraction of sp³-hybridized carbons (Fsp3) is 0.429. The molecule has 2 aliphatic rings. The molecule has 0 N–H and O–H groups in total. The van der Waals surface area contributed by atoms with Crippen LogP contribution in [0.15, 0.2) is 29.8 Å². The molecule has 1 nitrogen and oxygen atoms in total. The summed E-state index contributed by atoms with van der Waals surface area (Å²) in [5.74, 6) is 0. The summed E-state index contributed by atoms with van der Waals surface area (Å²) >= 11 is 2.44. The van der Waals surface area contributed by atoms with Crippen LogP contribution >= 0.6 is 22.6 Å². The lowest BCUT2D eigenvalue weighted by Crippen LogP contribution is -2.36. The molecule has 2 heteroatoms. The smallest absolute Gasteiger partial charge is 0.0961 e. The van der Waals surface area contributed by atoms with Crippen LogP contribution in [0, 0.1) is 0 Å². The van der Waals surface area contributed by atoms with Crippen LogP contribution in [0.4, 0.5) is 0 Å². The zero-order chi connectivity index (χ0) is 11.2. The first-order valence-electron chi connectivity index (χ1n) is 5.75. The van der Waals surface area contributed by atoms with Crippen molar-refractivity contribution in [1.29, 1.82) is 0 Å². The van der Waals surface area contributed by atoms with Crippen LogP contribution < -0.4 is 0 Å². The van der Waals surface area contributed by atoms with Gasteiger partial charge in [-0.1, -0.05) is 46.9 Å². The zero-order valence-corrected chi connectivity index (χ0v) is 11.6. The predicted molar refractivity (Wildman–Crippen MR) is 74.9 cm³/mol. The Kier molecular flexibility index (Phi) is 2.59. The molecule has 3 rings (SSSR count). The number of hydrogen-bond acceptors (Lipinski definition) is 1. The fourth-order valence-electron chi connectivity index (χ4n) is 2.80. The van der Waals surface area contributed by atoms with Gasteiger partial charge in [-0.25, -0.2) is 0 Å². The summed E-state index contributed by atoms with van der Waals surface area (Å²) in [6.45, 7) is 3.10. The maximum absolute atomic E-state index is 5.99. The van der Waals surface area contributed by atoms with Gasteiger partial charge in [0.1, 0.15) is 0 Å². The summed E-state index contributed by atoms with van der Waals surface area (Å²) in [4.78, 5) is 0. The predicted octanol–water partition coefficient (Wildman–Crippen LogP) is 3.61. The average Bonchev–Trinajstić information content (AvgIpc) is 2.70. The van der Waals surface area contributed by atoms with Crippen LogP contribution in [-0.2, 0) is 11.2 Å². The average molecular weight is 326 g/mol. The third-order valence-corrected chi connectivity index (χ3v) is 5.20. The summed E-state index contributed by atoms with van der Waals surface area (Å²) < 4.78 is 7.03. The van der Waals surface area contributed by atoms with E-state index in [0.717, 1.165) is 23.9 Å². The van der Waals surface area contributed by atoms with Gasteiger partial charge >= 0.3 is 0 Å². The van der Waals surface area contributed by atoms with Crippen molar-refractivity contribution in [2.24, 2.45) is 0 Å². The summed E-state index contributed by atoms with van der Waals surface area (Å²) in [6.07, 6.45) is 2.17. The minimum atomic E-state index is -0.0346. The molecule has 16 heavy (non-hydrogen) atoms. The number of ether oxygens (including phenoxy) is 1. The highest BCUT2D eigenvalue weighted by Gasteiger charge is 2.38. The second-order valence-corrected chi connectivity index (χ2v) is 5.52. The van der Waals surface area contributed by atoms with Gasteiger partial charge in [0.15, 0.2) is 0 Å². The summed E-state index contributed by atoms with van der Waals surface area (Å²) in [5.41, 5.74) is 5.99. The molecule has 84 valence electrons. The number of hydrogen-bond donors (Lipinski definition) is 0. The van der Waals surface area contributed by atoms with E-state index in [9.17, 15) is 0 Å². The van der Waals surface area contributed by atoms with Crippen LogP contribution in [0.1, 0.15) is 24.5 Å². The molecule has 0 aromatic heterocycles. The highest BCUT2D eigenvalue weighted by molar-refractivity contribution is 14.1. The quantitative estimate of drug-likeness (QED) is 0.566. The van der Waals surface area contributed by atoms with Gasteiger partial charge in [0.2, 0.25) is 0 Å². The van der Waals surface area contributed by atoms with Gasteiger partial charge in [0.25, 0.3) is 0 Å². The van der Waals surface area contributed by atoms with E-state index in [2.05, 4.69) is 53.8 Å². The van der Waals surface area contributed by atoms with E-state index < -0.39 is 0 Å². The zero-order valence-electron chi connectivity index (χ0n) is 9.42. The molecule has 1 aliphatic heterocycles. The Bertz CT molecular complexity index is 464. The fourth-order valence-corrected chi connectivity index (χ4v) is 3.49. The molecule has 0 bridgehead atoms. The monoisotopic (exact) mass is 326 g/mol. The molecule has 0 spiro atoms. The molecule has 1 atom stereocenters. The number of benzene rings is 1. The van der Waals surface area contributed by atoms with E-state index in [0.29, 0.717) is 0 Å². The van der Waals surface area contributed by atoms with E-state index in [1.807, 2.05) is 0 Å². The van der Waals surface area contributed by atoms with Crippen molar-refractivity contribution < 1.29 is 4.74 Å². The Balaban J connectivity index is 2.12. The van der Waals surface area contributed by atoms with Gasteiger partial charge in [-0.3, -0.25) is 0 Å². The number of fused-ring (bicyclic) bond motifs is 2. The number of rotatable bonds is 1. The SMILES string of the molecule is CC1(CI)OCCC2=C1Cc1ccccc12. The molecular formula is C14H15IO. The van der Waals surface area contributed by atoms with Crippen molar-refractivity contribution >= 4 is 28.2 Å². The standard InChI is InChI=1S/C14H15IO/c1-14(9-15)13-8-10-4-2-3-5-11(10)12(13)6-7-16-14/h2-5H,6-9H2,1H3. The van der Waals surface area contributed by atoms with Crippen molar-refractivity contribution in [2.75, 3.05) is 11.0 Å². The van der Waals surface area contributed by atoms with Crippen LogP contribution in [0.25, 0.3) is 5.57 Å². The molecule has 0 saturated carbocycles. The van der Waals surface area contributed by atoms with Crippen molar-refractivity contribution in [2.45, 2.75) is 25.4 Å². The number of halogens is 1. The topological polar surface area (TPSA) is 9.23 Å². The molecule has 1 unspecified atom stereocenters. The van der Waals surface area contributed by atoms with E-state index in [4.69, 9.17) is 4.74 Å². The molecule has 1 aromatic rings. The second-order valence-electron chi connectivity index (χ2n) is 4.75. The molecule has 0 radical (unpaired) electrons. The Morgan fingerprint density at radius 2 is 2.19 bits per heavy atom. The van der Waals surface area contributed by atoms with E-state index in [1.54, 1.807) is 5.57 Å². The van der Waals surface area contributed by atoms with Crippen LogP contribution in [0.3, 0.4) is 0 Å². The lowest BCUT2D eigenvalue weighted by molar-refractivity contribution is 0.0116. The first kappa shape index (κ1) is 10.8. The minimum absolute atomic E-state index is 0.0346. The van der Waals surface area contributed by atoms with Gasteiger partial charge in [-0.2, -0.15) is 0 Å². The lowest BCUT2D eigenvalue weighted by atomic mass is 9.89. The van der Waals surface area contributed by atoms with E-state index in [-0.39, 0.29) is 5.60 Å². The van der Waals surface area contributed by atoms with Crippen LogP contribution in [-0.4, -0.2) is 16.6 Å². The van der Waals surface area contributed by atoms with E-state index >= 15 is 0 Å². The summed E-state index contributed by atoms with van der Waals surface area (Å²) in [5, 5.41) is 0. The molecule has 1 aliphatic carbocycles. The molecule has 1 heterocycles. The largest absolute Gasteiger partial charge is 0.370 e. The molecule has 0 fully saturated rings. The Morgan fingerprint density at radius 3 is 3.00 bits per heavy atom. The van der Waals surface area contributed by atoms with Gasteiger partial charge in [-0.05, 0) is 42.0 Å². The van der Waals surface area contributed by atoms with Gasteiger partial charge in [0.05, 0.1) is 12.2 Å². The highest BCUT2D eigenvalue weighted by Crippen LogP contribution is 2.44. The maximum Gasteiger partial charge on any atom is 0.0961 e. The minimum Gasteiger partial charge on any atom is -0.370 e. The Labute approximate surface area is 110 Å². The van der Waals surface area contributed by atoms with Crippen molar-refractivity contribution in [3.63, 3.8) is 0 Å². The highest BCUT2D eigenvalue weighted by atomic mass is 127. The molecule has 0 saturated heterocycles. The van der Waals surface area contributed by atoms with E-state index in [1.165, 1.54) is 16.7 Å². The van der Waals surface area contributed by atoms with Crippen LogP contribution in [0.2, 0.25) is 0 Å². The van der Waals surface area contributed by atoms with Gasteiger partial charge in [-0.15, -0.1) is 0 Å². The molecule has 0 amide bonds. The Morgan fingerprint density at radius 1 is 1.38 bits per heavy atom. The molecular weight excluding hydrogens is 311 g/mol. The third-order valence-electron chi connectivity index (χ3n) is 3.74. The lowest BCUT2D eigenvalue weighted by Gasteiger charge is -2.34. The summed E-state index contributed by atoms with van der Waals surface area (Å²) in [6, 6.07) is 8.79. The van der Waals surface area contributed by atoms with Gasteiger partial charge < -0.3 is 4.74 Å². The van der Waals surface area contributed by atoms with Crippen LogP contribution in [0.5, 0.6) is 0 Å². The van der Waals surface area contributed by atoms with Gasteiger partial charge in [0, 0.05) is 4.43 Å².